The molecular weight excluding hydrogens is 484 g/mol. The summed E-state index contributed by atoms with van der Waals surface area (Å²) >= 11 is 3.48. The molecule has 1 aliphatic rings. The average Bonchev–Trinajstić information content (AvgIpc) is 3.34. The number of rotatable bonds is 9. The third kappa shape index (κ3) is 4.78. The van der Waals surface area contributed by atoms with E-state index in [2.05, 4.69) is 26.2 Å². The van der Waals surface area contributed by atoms with Crippen molar-refractivity contribution in [2.75, 3.05) is 11.5 Å². The number of amides is 1. The Morgan fingerprint density at radius 2 is 2.00 bits per heavy atom. The minimum absolute atomic E-state index is 0.0433. The van der Waals surface area contributed by atoms with Crippen LogP contribution in [0, 0.1) is 5.92 Å². The van der Waals surface area contributed by atoms with Crippen LogP contribution >= 0.6 is 15.9 Å². The number of hydrogen-bond acceptors (Lipinski definition) is 5. The van der Waals surface area contributed by atoms with Crippen molar-refractivity contribution in [3.63, 3.8) is 0 Å². The summed E-state index contributed by atoms with van der Waals surface area (Å²) in [5.74, 6) is -0.749. The van der Waals surface area contributed by atoms with Gasteiger partial charge in [-0.3, -0.25) is 9.48 Å². The molecule has 2 aromatic carbocycles. The molecule has 2 atom stereocenters. The van der Waals surface area contributed by atoms with Gasteiger partial charge < -0.3 is 15.1 Å². The number of halogens is 1. The Labute approximate surface area is 201 Å². The number of anilines is 1. The van der Waals surface area contributed by atoms with Gasteiger partial charge in [0.25, 0.3) is 5.91 Å². The summed E-state index contributed by atoms with van der Waals surface area (Å²) in [6, 6.07) is 15.4. The first kappa shape index (κ1) is 23.4. The standard InChI is InChI=1S/C25H27BrN4O3/c1-18(7-5-6-13-29-17-21(12-14-31)27-28-29)25(33)22-15-20(26)10-11-23(22)30(24(25)32)16-19-8-3-2-4-9-19/h2-5,7-11,15,17-18,31,33H,6,12-14,16H2,1H3/b7-5+/t18-,25+/m1/s1. The molecule has 4 rings (SSSR count). The fourth-order valence-corrected chi connectivity index (χ4v) is 4.53. The lowest BCUT2D eigenvalue weighted by molar-refractivity contribution is -0.139. The fraction of sp³-hybridized carbons (Fsp3) is 0.320. The highest BCUT2D eigenvalue weighted by molar-refractivity contribution is 9.10. The van der Waals surface area contributed by atoms with Gasteiger partial charge in [-0.1, -0.05) is 70.6 Å². The van der Waals surface area contributed by atoms with Crippen LogP contribution in [-0.4, -0.2) is 37.7 Å². The molecule has 8 heteroatoms. The van der Waals surface area contributed by atoms with Crippen LogP contribution in [0.5, 0.6) is 0 Å². The molecule has 0 bridgehead atoms. The first-order chi connectivity index (χ1) is 15.9. The van der Waals surface area contributed by atoms with E-state index >= 15 is 0 Å². The molecule has 7 nitrogen and oxygen atoms in total. The molecular formula is C25H27BrN4O3. The molecule has 0 fully saturated rings. The third-order valence-corrected chi connectivity index (χ3v) is 6.47. The maximum Gasteiger partial charge on any atom is 0.264 e. The van der Waals surface area contributed by atoms with E-state index in [9.17, 15) is 9.90 Å². The summed E-state index contributed by atoms with van der Waals surface area (Å²) in [7, 11) is 0. The van der Waals surface area contributed by atoms with Crippen LogP contribution in [0.3, 0.4) is 0 Å². The van der Waals surface area contributed by atoms with Crippen LogP contribution in [0.1, 0.15) is 30.2 Å². The molecule has 0 aliphatic carbocycles. The number of aromatic nitrogens is 3. The number of hydrogen-bond donors (Lipinski definition) is 2. The van der Waals surface area contributed by atoms with Crippen LogP contribution in [0.25, 0.3) is 0 Å². The van der Waals surface area contributed by atoms with Crippen molar-refractivity contribution in [3.8, 4) is 0 Å². The van der Waals surface area contributed by atoms with Crippen molar-refractivity contribution in [1.29, 1.82) is 0 Å². The molecule has 3 aromatic rings. The zero-order valence-electron chi connectivity index (χ0n) is 18.4. The Morgan fingerprint density at radius 1 is 1.21 bits per heavy atom. The first-order valence-corrected chi connectivity index (χ1v) is 11.8. The van der Waals surface area contributed by atoms with Gasteiger partial charge in [0.05, 0.1) is 17.9 Å². The smallest absolute Gasteiger partial charge is 0.264 e. The minimum atomic E-state index is -1.65. The highest BCUT2D eigenvalue weighted by Crippen LogP contribution is 2.46. The SMILES string of the molecule is C[C@H](/C=C/CCn1cc(CCO)nn1)[C@@]1(O)C(=O)N(Cc2ccccc2)c2ccc(Br)cc21. The number of fused-ring (bicyclic) bond motifs is 1. The highest BCUT2D eigenvalue weighted by atomic mass is 79.9. The Hall–Kier alpha value is -2.81. The topological polar surface area (TPSA) is 91.5 Å². The quantitative estimate of drug-likeness (QED) is 0.429. The predicted octanol–water partition coefficient (Wildman–Crippen LogP) is 3.59. The molecule has 1 amide bonds. The number of nitrogens with zero attached hydrogens (tertiary/aromatic N) is 4. The number of aryl methyl sites for hydroxylation is 1. The summed E-state index contributed by atoms with van der Waals surface area (Å²) in [5.41, 5.74) is 1.45. The Kier molecular flexibility index (Phi) is 7.07. The van der Waals surface area contributed by atoms with Crippen molar-refractivity contribution in [1.82, 2.24) is 15.0 Å². The second kappa shape index (κ2) is 9.99. The second-order valence-corrected chi connectivity index (χ2v) is 9.17. The van der Waals surface area contributed by atoms with Gasteiger partial charge >= 0.3 is 0 Å². The van der Waals surface area contributed by atoms with Crippen molar-refractivity contribution in [2.24, 2.45) is 5.92 Å². The van der Waals surface area contributed by atoms with Crippen molar-refractivity contribution < 1.29 is 15.0 Å². The van der Waals surface area contributed by atoms with Gasteiger partial charge in [-0.2, -0.15) is 0 Å². The van der Waals surface area contributed by atoms with Gasteiger partial charge in [-0.25, -0.2) is 0 Å². The van der Waals surface area contributed by atoms with E-state index in [0.29, 0.717) is 31.5 Å². The maximum absolute atomic E-state index is 13.5. The second-order valence-electron chi connectivity index (χ2n) is 8.26. The normalized spacial score (nSPS) is 18.8. The summed E-state index contributed by atoms with van der Waals surface area (Å²) in [4.78, 5) is 15.2. The van der Waals surface area contributed by atoms with Crippen LogP contribution < -0.4 is 4.90 Å². The highest BCUT2D eigenvalue weighted by Gasteiger charge is 2.52. The lowest BCUT2D eigenvalue weighted by Gasteiger charge is -2.27. The van der Waals surface area contributed by atoms with E-state index in [1.165, 1.54) is 0 Å². The molecule has 1 aromatic heterocycles. The van der Waals surface area contributed by atoms with Crippen molar-refractivity contribution in [3.05, 3.63) is 88.2 Å². The van der Waals surface area contributed by atoms with Crippen LogP contribution in [0.4, 0.5) is 5.69 Å². The van der Waals surface area contributed by atoms with E-state index in [0.717, 1.165) is 21.4 Å². The zero-order valence-corrected chi connectivity index (χ0v) is 20.0. The van der Waals surface area contributed by atoms with Gasteiger partial charge in [-0.15, -0.1) is 5.10 Å². The molecule has 0 spiro atoms. The number of benzene rings is 2. The molecule has 2 N–H and O–H groups in total. The van der Waals surface area contributed by atoms with Crippen LogP contribution in [0.15, 0.2) is 71.4 Å². The van der Waals surface area contributed by atoms with Gasteiger partial charge in [0.15, 0.2) is 5.60 Å². The number of allylic oxidation sites excluding steroid dienone is 1. The third-order valence-electron chi connectivity index (χ3n) is 5.98. The van der Waals surface area contributed by atoms with Gasteiger partial charge in [0.1, 0.15) is 0 Å². The number of carbonyl (C=O) groups is 1. The molecule has 0 saturated heterocycles. The molecule has 0 unspecified atom stereocenters. The lowest BCUT2D eigenvalue weighted by Crippen LogP contribution is -2.44. The average molecular weight is 511 g/mol. The first-order valence-electron chi connectivity index (χ1n) is 11.0. The number of carbonyl (C=O) groups excluding carboxylic acids is 1. The van der Waals surface area contributed by atoms with Gasteiger partial charge in [0.2, 0.25) is 0 Å². The summed E-state index contributed by atoms with van der Waals surface area (Å²) in [6.45, 7) is 2.92. The predicted molar refractivity (Wildman–Crippen MR) is 129 cm³/mol. The Balaban J connectivity index is 1.52. The van der Waals surface area contributed by atoms with E-state index in [1.54, 1.807) is 9.58 Å². The number of aliphatic hydroxyl groups excluding tert-OH is 1. The molecule has 0 radical (unpaired) electrons. The van der Waals surface area contributed by atoms with Crippen LogP contribution in [0.2, 0.25) is 0 Å². The van der Waals surface area contributed by atoms with E-state index in [4.69, 9.17) is 5.11 Å². The molecule has 1 aliphatic heterocycles. The zero-order chi connectivity index (χ0) is 23.4. The van der Waals surface area contributed by atoms with E-state index < -0.39 is 11.5 Å². The number of aliphatic hydroxyl groups is 2. The fourth-order valence-electron chi connectivity index (χ4n) is 4.17. The molecule has 33 heavy (non-hydrogen) atoms. The lowest BCUT2D eigenvalue weighted by atomic mass is 9.83. The summed E-state index contributed by atoms with van der Waals surface area (Å²) in [6.07, 6.45) is 6.82. The summed E-state index contributed by atoms with van der Waals surface area (Å²) < 4.78 is 2.54. The van der Waals surface area contributed by atoms with E-state index in [1.807, 2.05) is 73.8 Å². The monoisotopic (exact) mass is 510 g/mol. The molecule has 172 valence electrons. The largest absolute Gasteiger partial charge is 0.396 e. The maximum atomic E-state index is 13.5. The van der Waals surface area contributed by atoms with Gasteiger partial charge in [0, 0.05) is 41.7 Å². The summed E-state index contributed by atoms with van der Waals surface area (Å²) in [5, 5.41) is 28.8. The molecule has 2 heterocycles. The van der Waals surface area contributed by atoms with Crippen molar-refractivity contribution >= 4 is 27.5 Å². The molecule has 0 saturated carbocycles. The minimum Gasteiger partial charge on any atom is -0.396 e. The van der Waals surface area contributed by atoms with Gasteiger partial charge in [-0.05, 0) is 30.2 Å². The Morgan fingerprint density at radius 3 is 2.76 bits per heavy atom. The Bertz CT molecular complexity index is 1150. The van der Waals surface area contributed by atoms with Crippen LogP contribution in [-0.2, 0) is 29.9 Å². The van der Waals surface area contributed by atoms with Crippen molar-refractivity contribution in [2.45, 2.75) is 38.5 Å². The van der Waals surface area contributed by atoms with E-state index in [-0.39, 0.29) is 12.5 Å².